The highest BCUT2D eigenvalue weighted by molar-refractivity contribution is 9.10. The topological polar surface area (TPSA) is 38.1 Å². The van der Waals surface area contributed by atoms with Crippen molar-refractivity contribution in [1.82, 2.24) is 10.3 Å². The number of oxazole rings is 1. The van der Waals surface area contributed by atoms with E-state index in [1.807, 2.05) is 0 Å². The Morgan fingerprint density at radius 1 is 1.30 bits per heavy atom. The lowest BCUT2D eigenvalue weighted by atomic mass is 10.1. The molecule has 0 aliphatic heterocycles. The first kappa shape index (κ1) is 15.1. The van der Waals surface area contributed by atoms with E-state index in [0.29, 0.717) is 22.8 Å². The van der Waals surface area contributed by atoms with Crippen LogP contribution in [0.3, 0.4) is 0 Å². The molecule has 0 fully saturated rings. The standard InChI is InChI=1S/C14H15BrF2N2O/c1-8(2)5-18-7-13-19-6-12(20-13)14-10(16)3-9(15)4-11(14)17/h3-4,6,8,18H,5,7H2,1-2H3. The number of rotatable bonds is 5. The molecule has 0 unspecified atom stereocenters. The molecule has 108 valence electrons. The minimum Gasteiger partial charge on any atom is -0.439 e. The molecule has 2 rings (SSSR count). The van der Waals surface area contributed by atoms with Crippen molar-refractivity contribution in [2.75, 3.05) is 6.54 Å². The predicted octanol–water partition coefficient (Wildman–Crippen LogP) is 4.13. The molecule has 0 atom stereocenters. The van der Waals surface area contributed by atoms with Crippen LogP contribution in [0.2, 0.25) is 0 Å². The van der Waals surface area contributed by atoms with E-state index in [4.69, 9.17) is 4.42 Å². The van der Waals surface area contributed by atoms with E-state index in [0.717, 1.165) is 6.54 Å². The van der Waals surface area contributed by atoms with E-state index in [2.05, 4.69) is 40.1 Å². The summed E-state index contributed by atoms with van der Waals surface area (Å²) in [7, 11) is 0. The summed E-state index contributed by atoms with van der Waals surface area (Å²) in [5.74, 6) is -0.369. The molecule has 20 heavy (non-hydrogen) atoms. The molecular weight excluding hydrogens is 330 g/mol. The molecule has 0 saturated heterocycles. The molecule has 0 amide bonds. The van der Waals surface area contributed by atoms with Gasteiger partial charge in [-0.3, -0.25) is 0 Å². The molecule has 0 spiro atoms. The zero-order valence-electron chi connectivity index (χ0n) is 11.2. The molecule has 0 radical (unpaired) electrons. The van der Waals surface area contributed by atoms with Gasteiger partial charge < -0.3 is 9.73 Å². The summed E-state index contributed by atoms with van der Waals surface area (Å²) in [6, 6.07) is 2.38. The van der Waals surface area contributed by atoms with Gasteiger partial charge in [-0.1, -0.05) is 29.8 Å². The van der Waals surface area contributed by atoms with Gasteiger partial charge >= 0.3 is 0 Å². The Labute approximate surface area is 124 Å². The highest BCUT2D eigenvalue weighted by Gasteiger charge is 2.17. The number of aromatic nitrogens is 1. The molecule has 0 bridgehead atoms. The van der Waals surface area contributed by atoms with Crippen LogP contribution in [0.5, 0.6) is 0 Å². The third-order valence-corrected chi connectivity index (χ3v) is 3.09. The third kappa shape index (κ3) is 3.64. The highest BCUT2D eigenvalue weighted by Crippen LogP contribution is 2.29. The second-order valence-electron chi connectivity index (χ2n) is 4.89. The predicted molar refractivity (Wildman–Crippen MR) is 76.1 cm³/mol. The molecular formula is C14H15BrF2N2O. The van der Waals surface area contributed by atoms with Crippen LogP contribution in [0.15, 0.2) is 27.2 Å². The first-order valence-electron chi connectivity index (χ1n) is 6.27. The minimum absolute atomic E-state index is 0.0915. The lowest BCUT2D eigenvalue weighted by molar-refractivity contribution is 0.455. The first-order chi connectivity index (χ1) is 9.47. The summed E-state index contributed by atoms with van der Waals surface area (Å²) in [5, 5.41) is 3.15. The molecule has 2 aromatic rings. The number of hydrogen-bond donors (Lipinski definition) is 1. The van der Waals surface area contributed by atoms with Gasteiger partial charge in [0.2, 0.25) is 5.89 Å². The number of nitrogens with one attached hydrogen (secondary N) is 1. The van der Waals surface area contributed by atoms with Crippen molar-refractivity contribution >= 4 is 15.9 Å². The van der Waals surface area contributed by atoms with Crippen LogP contribution < -0.4 is 5.32 Å². The summed E-state index contributed by atoms with van der Waals surface area (Å²) in [4.78, 5) is 4.02. The van der Waals surface area contributed by atoms with Gasteiger partial charge in [-0.2, -0.15) is 0 Å². The Hall–Kier alpha value is -1.27. The van der Waals surface area contributed by atoms with E-state index < -0.39 is 11.6 Å². The van der Waals surface area contributed by atoms with Gasteiger partial charge in [-0.25, -0.2) is 13.8 Å². The number of hydrogen-bond acceptors (Lipinski definition) is 3. The Balaban J connectivity index is 2.17. The summed E-state index contributed by atoms with van der Waals surface area (Å²) in [5.41, 5.74) is -0.198. The fourth-order valence-electron chi connectivity index (χ4n) is 1.75. The lowest BCUT2D eigenvalue weighted by Gasteiger charge is -2.04. The lowest BCUT2D eigenvalue weighted by Crippen LogP contribution is -2.18. The Kier molecular flexibility index (Phi) is 4.88. The Morgan fingerprint density at radius 3 is 2.55 bits per heavy atom. The molecule has 1 heterocycles. The van der Waals surface area contributed by atoms with E-state index in [1.165, 1.54) is 18.3 Å². The van der Waals surface area contributed by atoms with Gasteiger partial charge in [0, 0.05) is 4.47 Å². The number of benzene rings is 1. The van der Waals surface area contributed by atoms with Crippen LogP contribution in [0.4, 0.5) is 8.78 Å². The maximum Gasteiger partial charge on any atom is 0.208 e. The number of halogens is 3. The van der Waals surface area contributed by atoms with Crippen molar-refractivity contribution in [3.05, 3.63) is 40.3 Å². The first-order valence-corrected chi connectivity index (χ1v) is 7.07. The summed E-state index contributed by atoms with van der Waals surface area (Å²) in [6.45, 7) is 5.41. The smallest absolute Gasteiger partial charge is 0.208 e. The van der Waals surface area contributed by atoms with Crippen molar-refractivity contribution in [2.45, 2.75) is 20.4 Å². The van der Waals surface area contributed by atoms with E-state index in [9.17, 15) is 8.78 Å². The quantitative estimate of drug-likeness (QED) is 0.886. The van der Waals surface area contributed by atoms with Crippen molar-refractivity contribution < 1.29 is 13.2 Å². The van der Waals surface area contributed by atoms with E-state index >= 15 is 0 Å². The molecule has 1 N–H and O–H groups in total. The fourth-order valence-corrected chi connectivity index (χ4v) is 2.15. The van der Waals surface area contributed by atoms with Gasteiger partial charge in [0.15, 0.2) is 5.76 Å². The minimum atomic E-state index is -0.685. The van der Waals surface area contributed by atoms with Crippen LogP contribution in [0.1, 0.15) is 19.7 Å². The largest absolute Gasteiger partial charge is 0.439 e. The van der Waals surface area contributed by atoms with Crippen molar-refractivity contribution in [3.8, 4) is 11.3 Å². The van der Waals surface area contributed by atoms with Gasteiger partial charge in [-0.05, 0) is 24.6 Å². The molecule has 0 aliphatic rings. The van der Waals surface area contributed by atoms with Crippen LogP contribution in [-0.4, -0.2) is 11.5 Å². The van der Waals surface area contributed by atoms with Crippen molar-refractivity contribution in [2.24, 2.45) is 5.92 Å². The molecule has 1 aromatic heterocycles. The van der Waals surface area contributed by atoms with Crippen molar-refractivity contribution in [3.63, 3.8) is 0 Å². The molecule has 0 aliphatic carbocycles. The molecule has 3 nitrogen and oxygen atoms in total. The zero-order valence-corrected chi connectivity index (χ0v) is 12.8. The van der Waals surface area contributed by atoms with Gasteiger partial charge in [0.25, 0.3) is 0 Å². The third-order valence-electron chi connectivity index (χ3n) is 2.64. The molecule has 6 heteroatoms. The van der Waals surface area contributed by atoms with E-state index in [-0.39, 0.29) is 11.3 Å². The van der Waals surface area contributed by atoms with Gasteiger partial charge in [0.1, 0.15) is 11.6 Å². The molecule has 1 aromatic carbocycles. The molecule has 0 saturated carbocycles. The van der Waals surface area contributed by atoms with Crippen LogP contribution >= 0.6 is 15.9 Å². The monoisotopic (exact) mass is 344 g/mol. The maximum atomic E-state index is 13.8. The average Bonchev–Trinajstić information content (AvgIpc) is 2.75. The summed E-state index contributed by atoms with van der Waals surface area (Å²) >= 11 is 3.04. The fraction of sp³-hybridized carbons (Fsp3) is 0.357. The SMILES string of the molecule is CC(C)CNCc1ncc(-c2c(F)cc(Br)cc2F)o1. The Bertz CT molecular complexity index is 576. The van der Waals surface area contributed by atoms with E-state index in [1.54, 1.807) is 0 Å². The second kappa shape index (κ2) is 6.45. The normalized spacial score (nSPS) is 11.3. The van der Waals surface area contributed by atoms with Gasteiger partial charge in [-0.15, -0.1) is 0 Å². The van der Waals surface area contributed by atoms with Crippen molar-refractivity contribution in [1.29, 1.82) is 0 Å². The summed E-state index contributed by atoms with van der Waals surface area (Å²) < 4.78 is 33.3. The average molecular weight is 345 g/mol. The zero-order chi connectivity index (χ0) is 14.7. The van der Waals surface area contributed by atoms with Gasteiger partial charge in [0.05, 0.1) is 18.3 Å². The number of nitrogens with zero attached hydrogens (tertiary/aromatic N) is 1. The second-order valence-corrected chi connectivity index (χ2v) is 5.80. The van der Waals surface area contributed by atoms with Crippen LogP contribution in [-0.2, 0) is 6.54 Å². The van der Waals surface area contributed by atoms with Crippen LogP contribution in [0, 0.1) is 17.6 Å². The maximum absolute atomic E-state index is 13.8. The summed E-state index contributed by atoms with van der Waals surface area (Å²) in [6.07, 6.45) is 1.34. The highest BCUT2D eigenvalue weighted by atomic mass is 79.9. The van der Waals surface area contributed by atoms with Crippen LogP contribution in [0.25, 0.3) is 11.3 Å². The Morgan fingerprint density at radius 2 is 1.95 bits per heavy atom.